The summed E-state index contributed by atoms with van der Waals surface area (Å²) in [5.74, 6) is -0.748. The lowest BCUT2D eigenvalue weighted by Crippen LogP contribution is -2.24. The smallest absolute Gasteiger partial charge is 0.375 e. The van der Waals surface area contributed by atoms with Crippen molar-refractivity contribution in [2.75, 3.05) is 11.9 Å². The molecule has 98 valence electrons. The van der Waals surface area contributed by atoms with Gasteiger partial charge in [-0.1, -0.05) is 29.8 Å². The van der Waals surface area contributed by atoms with Gasteiger partial charge in [0.1, 0.15) is 0 Å². The SMILES string of the molecule is Cc1ccc(C2CCNc3nc(C(=O)O)nn32)cc1. The summed E-state index contributed by atoms with van der Waals surface area (Å²) in [4.78, 5) is 14.9. The summed E-state index contributed by atoms with van der Waals surface area (Å²) in [6.07, 6.45) is 0.860. The number of carboxylic acids is 1. The van der Waals surface area contributed by atoms with E-state index in [2.05, 4.69) is 27.5 Å². The van der Waals surface area contributed by atoms with Crippen molar-refractivity contribution in [3.63, 3.8) is 0 Å². The molecule has 1 unspecified atom stereocenters. The molecular weight excluding hydrogens is 244 g/mol. The van der Waals surface area contributed by atoms with Crippen molar-refractivity contribution in [2.45, 2.75) is 19.4 Å². The van der Waals surface area contributed by atoms with E-state index in [-0.39, 0.29) is 11.9 Å². The Bertz CT molecular complexity index is 618. The number of benzene rings is 1. The minimum Gasteiger partial charge on any atom is -0.475 e. The van der Waals surface area contributed by atoms with E-state index in [1.165, 1.54) is 5.56 Å². The number of carboxylic acid groups (broad SMARTS) is 1. The van der Waals surface area contributed by atoms with Crippen LogP contribution in [0, 0.1) is 6.92 Å². The number of nitrogens with one attached hydrogen (secondary N) is 1. The molecule has 6 nitrogen and oxygen atoms in total. The van der Waals surface area contributed by atoms with Gasteiger partial charge < -0.3 is 10.4 Å². The van der Waals surface area contributed by atoms with Gasteiger partial charge in [-0.05, 0) is 18.9 Å². The second-order valence-electron chi connectivity index (χ2n) is 4.65. The maximum atomic E-state index is 10.9. The van der Waals surface area contributed by atoms with Crippen LogP contribution >= 0.6 is 0 Å². The molecule has 0 radical (unpaired) electrons. The number of carbonyl (C=O) groups is 1. The Labute approximate surface area is 110 Å². The molecule has 19 heavy (non-hydrogen) atoms. The van der Waals surface area contributed by atoms with Crippen molar-refractivity contribution in [2.24, 2.45) is 0 Å². The van der Waals surface area contributed by atoms with E-state index in [1.54, 1.807) is 4.68 Å². The molecule has 0 amide bonds. The zero-order valence-electron chi connectivity index (χ0n) is 10.5. The summed E-state index contributed by atoms with van der Waals surface area (Å²) in [6, 6.07) is 8.24. The van der Waals surface area contributed by atoms with Gasteiger partial charge in [-0.2, -0.15) is 4.98 Å². The Kier molecular flexibility index (Phi) is 2.70. The number of aromatic nitrogens is 3. The Balaban J connectivity index is 2.02. The number of hydrogen-bond donors (Lipinski definition) is 2. The number of nitrogens with zero attached hydrogens (tertiary/aromatic N) is 3. The van der Waals surface area contributed by atoms with Crippen molar-refractivity contribution in [3.8, 4) is 0 Å². The van der Waals surface area contributed by atoms with Gasteiger partial charge in [0.2, 0.25) is 5.95 Å². The minimum atomic E-state index is -1.11. The summed E-state index contributed by atoms with van der Waals surface area (Å²) in [5.41, 5.74) is 2.32. The van der Waals surface area contributed by atoms with Crippen LogP contribution in [-0.2, 0) is 0 Å². The lowest BCUT2D eigenvalue weighted by Gasteiger charge is -2.24. The molecule has 2 heterocycles. The fourth-order valence-electron chi connectivity index (χ4n) is 2.29. The minimum absolute atomic E-state index is 0.0393. The maximum Gasteiger partial charge on any atom is 0.375 e. The van der Waals surface area contributed by atoms with Crippen molar-refractivity contribution >= 4 is 11.9 Å². The Morgan fingerprint density at radius 2 is 2.16 bits per heavy atom. The standard InChI is InChI=1S/C13H14N4O2/c1-8-2-4-9(5-3-8)10-6-7-14-13-15-11(12(18)19)16-17(10)13/h2-5,10H,6-7H2,1H3,(H,18,19)(H,14,15,16). The van der Waals surface area contributed by atoms with E-state index in [1.807, 2.05) is 19.1 Å². The maximum absolute atomic E-state index is 10.9. The quantitative estimate of drug-likeness (QED) is 0.856. The van der Waals surface area contributed by atoms with E-state index in [0.29, 0.717) is 5.95 Å². The third-order valence-electron chi connectivity index (χ3n) is 3.28. The van der Waals surface area contributed by atoms with Gasteiger partial charge in [0.25, 0.3) is 5.82 Å². The van der Waals surface area contributed by atoms with Crippen molar-refractivity contribution in [1.82, 2.24) is 14.8 Å². The van der Waals surface area contributed by atoms with E-state index in [4.69, 9.17) is 5.11 Å². The van der Waals surface area contributed by atoms with Crippen LogP contribution in [0.25, 0.3) is 0 Å². The highest BCUT2D eigenvalue weighted by molar-refractivity contribution is 5.83. The first-order chi connectivity index (χ1) is 9.15. The van der Waals surface area contributed by atoms with Crippen LogP contribution in [0.2, 0.25) is 0 Å². The number of aromatic carboxylic acids is 1. The van der Waals surface area contributed by atoms with Gasteiger partial charge in [0, 0.05) is 6.54 Å². The van der Waals surface area contributed by atoms with Gasteiger partial charge in [0.05, 0.1) is 6.04 Å². The lowest BCUT2D eigenvalue weighted by molar-refractivity contribution is 0.0683. The lowest BCUT2D eigenvalue weighted by atomic mass is 10.0. The topological polar surface area (TPSA) is 80.0 Å². The highest BCUT2D eigenvalue weighted by Gasteiger charge is 2.26. The Morgan fingerprint density at radius 3 is 2.84 bits per heavy atom. The van der Waals surface area contributed by atoms with Crippen LogP contribution in [0.15, 0.2) is 24.3 Å². The largest absolute Gasteiger partial charge is 0.475 e. The van der Waals surface area contributed by atoms with E-state index < -0.39 is 5.97 Å². The first-order valence-electron chi connectivity index (χ1n) is 6.15. The number of aryl methyl sites for hydroxylation is 1. The third kappa shape index (κ3) is 2.05. The first-order valence-corrected chi connectivity index (χ1v) is 6.15. The molecule has 0 aliphatic carbocycles. The van der Waals surface area contributed by atoms with Gasteiger partial charge >= 0.3 is 5.97 Å². The molecule has 0 spiro atoms. The second kappa shape index (κ2) is 4.38. The van der Waals surface area contributed by atoms with Crippen molar-refractivity contribution in [3.05, 3.63) is 41.2 Å². The highest BCUT2D eigenvalue weighted by atomic mass is 16.4. The monoisotopic (exact) mass is 258 g/mol. The normalized spacial score (nSPS) is 17.6. The number of hydrogen-bond acceptors (Lipinski definition) is 4. The molecule has 0 saturated carbocycles. The summed E-state index contributed by atoms with van der Waals surface area (Å²) in [6.45, 7) is 2.80. The molecule has 0 fully saturated rings. The molecule has 2 aromatic rings. The Hall–Kier alpha value is -2.37. The van der Waals surface area contributed by atoms with Gasteiger partial charge in [-0.3, -0.25) is 0 Å². The summed E-state index contributed by atoms with van der Waals surface area (Å²) in [7, 11) is 0. The summed E-state index contributed by atoms with van der Waals surface area (Å²) < 4.78 is 1.66. The zero-order valence-corrected chi connectivity index (χ0v) is 10.5. The van der Waals surface area contributed by atoms with Crippen LogP contribution in [0.1, 0.15) is 34.2 Å². The molecule has 1 aliphatic heterocycles. The van der Waals surface area contributed by atoms with Crippen molar-refractivity contribution in [1.29, 1.82) is 0 Å². The molecule has 1 aromatic heterocycles. The molecule has 6 heteroatoms. The molecule has 3 rings (SSSR count). The predicted octanol–water partition coefficient (Wildman–Crippen LogP) is 1.69. The third-order valence-corrected chi connectivity index (χ3v) is 3.28. The summed E-state index contributed by atoms with van der Waals surface area (Å²) in [5, 5.41) is 16.1. The summed E-state index contributed by atoms with van der Waals surface area (Å²) >= 11 is 0. The molecule has 0 saturated heterocycles. The average molecular weight is 258 g/mol. The fraction of sp³-hybridized carbons (Fsp3) is 0.308. The highest BCUT2D eigenvalue weighted by Crippen LogP contribution is 2.28. The molecule has 1 aliphatic rings. The second-order valence-corrected chi connectivity index (χ2v) is 4.65. The van der Waals surface area contributed by atoms with Crippen LogP contribution in [0.5, 0.6) is 0 Å². The molecule has 1 aromatic carbocycles. The molecule has 2 N–H and O–H groups in total. The van der Waals surface area contributed by atoms with Gasteiger partial charge in [-0.25, -0.2) is 9.48 Å². The van der Waals surface area contributed by atoms with Crippen LogP contribution < -0.4 is 5.32 Å². The Morgan fingerprint density at radius 1 is 1.42 bits per heavy atom. The van der Waals surface area contributed by atoms with Crippen LogP contribution in [0.3, 0.4) is 0 Å². The first kappa shape index (κ1) is 11.7. The molecular formula is C13H14N4O2. The average Bonchev–Trinajstić information content (AvgIpc) is 2.83. The zero-order chi connectivity index (χ0) is 13.4. The molecule has 1 atom stereocenters. The van der Waals surface area contributed by atoms with E-state index >= 15 is 0 Å². The predicted molar refractivity (Wildman–Crippen MR) is 69.4 cm³/mol. The van der Waals surface area contributed by atoms with Crippen molar-refractivity contribution < 1.29 is 9.90 Å². The van der Waals surface area contributed by atoms with Gasteiger partial charge in [-0.15, -0.1) is 5.10 Å². The fourth-order valence-corrected chi connectivity index (χ4v) is 2.29. The number of anilines is 1. The van der Waals surface area contributed by atoms with Crippen LogP contribution in [0.4, 0.5) is 5.95 Å². The van der Waals surface area contributed by atoms with Gasteiger partial charge in [0.15, 0.2) is 0 Å². The number of fused-ring (bicyclic) bond motifs is 1. The molecule has 0 bridgehead atoms. The number of rotatable bonds is 2. The van der Waals surface area contributed by atoms with Crippen LogP contribution in [-0.4, -0.2) is 32.4 Å². The van der Waals surface area contributed by atoms with E-state index in [9.17, 15) is 4.79 Å². The van der Waals surface area contributed by atoms with E-state index in [0.717, 1.165) is 18.5 Å².